The number of Topliss-reactive ketones (excluding diaryl/α,β-unsaturated/α-hetero) is 1. The molecule has 4 rings (SSSR count). The highest BCUT2D eigenvalue weighted by atomic mass is 32.2. The number of nitrogens with one attached hydrogen (secondary N) is 1. The van der Waals surface area contributed by atoms with Gasteiger partial charge < -0.3 is 14.8 Å². The Hall–Kier alpha value is -2.45. The molecule has 0 radical (unpaired) electrons. The topological polar surface area (TPSA) is 81.7 Å². The van der Waals surface area contributed by atoms with E-state index in [-0.39, 0.29) is 24.9 Å². The van der Waals surface area contributed by atoms with Crippen LogP contribution in [0.25, 0.3) is 0 Å². The van der Waals surface area contributed by atoms with E-state index < -0.39 is 5.97 Å². The van der Waals surface area contributed by atoms with Crippen molar-refractivity contribution in [2.75, 3.05) is 30.0 Å². The summed E-state index contributed by atoms with van der Waals surface area (Å²) in [6.07, 6.45) is 0. The molecule has 144 valence electrons. The van der Waals surface area contributed by atoms with Crippen LogP contribution in [0.5, 0.6) is 5.75 Å². The van der Waals surface area contributed by atoms with Gasteiger partial charge >= 0.3 is 5.97 Å². The van der Waals surface area contributed by atoms with Gasteiger partial charge in [-0.3, -0.25) is 9.59 Å². The first kappa shape index (κ1) is 18.9. The second-order valence-electron chi connectivity index (χ2n) is 6.24. The molecule has 0 bridgehead atoms. The van der Waals surface area contributed by atoms with Crippen LogP contribution < -0.4 is 10.1 Å². The maximum Gasteiger partial charge on any atom is 0.338 e. The van der Waals surface area contributed by atoms with Gasteiger partial charge in [0.25, 0.3) is 5.91 Å². The molecule has 1 N–H and O–H groups in total. The Bertz CT molecular complexity index is 923. The van der Waals surface area contributed by atoms with Crippen molar-refractivity contribution in [3.8, 4) is 5.75 Å². The average molecular weight is 415 g/mol. The molecular formula is C20H17NO5S2. The van der Waals surface area contributed by atoms with Crippen LogP contribution in [0, 0.1) is 0 Å². The summed E-state index contributed by atoms with van der Waals surface area (Å²) in [4.78, 5) is 36.0. The summed E-state index contributed by atoms with van der Waals surface area (Å²) in [5, 5.41) is 2.65. The maximum absolute atomic E-state index is 12.3. The number of hydrogen-bond acceptors (Lipinski definition) is 7. The fourth-order valence-corrected chi connectivity index (χ4v) is 5.74. The fourth-order valence-electron chi connectivity index (χ4n) is 2.88. The van der Waals surface area contributed by atoms with Crippen molar-refractivity contribution in [2.24, 2.45) is 0 Å². The van der Waals surface area contributed by atoms with Gasteiger partial charge in [0.05, 0.1) is 15.8 Å². The second kappa shape index (κ2) is 8.28. The summed E-state index contributed by atoms with van der Waals surface area (Å²) in [6, 6.07) is 12.0. The Labute approximate surface area is 170 Å². The summed E-state index contributed by atoms with van der Waals surface area (Å²) in [5.41, 5.74) is 2.36. The van der Waals surface area contributed by atoms with E-state index in [9.17, 15) is 14.4 Å². The lowest BCUT2D eigenvalue weighted by molar-refractivity contribution is -0.118. The van der Waals surface area contributed by atoms with Crippen LogP contribution in [0.15, 0.2) is 42.5 Å². The maximum atomic E-state index is 12.3. The average Bonchev–Trinajstić information content (AvgIpc) is 3.26. The molecule has 28 heavy (non-hydrogen) atoms. The van der Waals surface area contributed by atoms with Crippen molar-refractivity contribution < 1.29 is 23.9 Å². The first-order valence-corrected chi connectivity index (χ1v) is 10.8. The van der Waals surface area contributed by atoms with Crippen molar-refractivity contribution in [3.63, 3.8) is 0 Å². The Kier molecular flexibility index (Phi) is 5.59. The monoisotopic (exact) mass is 415 g/mol. The molecule has 0 unspecified atom stereocenters. The van der Waals surface area contributed by atoms with Gasteiger partial charge in [-0.05, 0) is 35.9 Å². The lowest BCUT2D eigenvalue weighted by Gasteiger charge is -2.18. The summed E-state index contributed by atoms with van der Waals surface area (Å²) in [6.45, 7) is -0.419. The number of esters is 1. The molecule has 6 nitrogen and oxygen atoms in total. The fraction of sp³-hybridized carbons (Fsp3) is 0.250. The molecule has 0 aliphatic carbocycles. The number of carbonyl (C=O) groups excluding carboxylic acids is 3. The minimum absolute atomic E-state index is 0.0468. The van der Waals surface area contributed by atoms with Crippen molar-refractivity contribution in [1.82, 2.24) is 0 Å². The largest absolute Gasteiger partial charge is 0.482 e. The van der Waals surface area contributed by atoms with Gasteiger partial charge in [0.2, 0.25) is 0 Å². The first-order valence-electron chi connectivity index (χ1n) is 8.70. The molecule has 0 atom stereocenters. The van der Waals surface area contributed by atoms with E-state index in [1.165, 1.54) is 11.6 Å². The number of hydrogen-bond donors (Lipinski definition) is 1. The Morgan fingerprint density at radius 1 is 1.07 bits per heavy atom. The van der Waals surface area contributed by atoms with Crippen LogP contribution in [0.1, 0.15) is 30.9 Å². The quantitative estimate of drug-likeness (QED) is 0.591. The van der Waals surface area contributed by atoms with Crippen LogP contribution in [0.2, 0.25) is 0 Å². The van der Waals surface area contributed by atoms with E-state index in [0.717, 1.165) is 11.5 Å². The lowest BCUT2D eigenvalue weighted by atomic mass is 10.1. The first-order chi connectivity index (χ1) is 13.6. The molecule has 2 aromatic rings. The van der Waals surface area contributed by atoms with E-state index in [2.05, 4.69) is 5.32 Å². The zero-order valence-corrected chi connectivity index (χ0v) is 16.4. The summed E-state index contributed by atoms with van der Waals surface area (Å²) in [7, 11) is 0. The molecule has 1 fully saturated rings. The highest BCUT2D eigenvalue weighted by Gasteiger charge is 2.20. The van der Waals surface area contributed by atoms with Crippen LogP contribution >= 0.6 is 23.5 Å². The predicted octanol–water partition coefficient (Wildman–Crippen LogP) is 3.54. The van der Waals surface area contributed by atoms with E-state index in [4.69, 9.17) is 9.47 Å². The summed E-state index contributed by atoms with van der Waals surface area (Å²) < 4.78 is 10.8. The molecular weight excluding hydrogens is 398 g/mol. The minimum Gasteiger partial charge on any atom is -0.482 e. The molecule has 1 saturated heterocycles. The molecule has 0 aromatic heterocycles. The van der Waals surface area contributed by atoms with Crippen molar-refractivity contribution in [3.05, 3.63) is 59.2 Å². The van der Waals surface area contributed by atoms with Gasteiger partial charge in [0.1, 0.15) is 5.75 Å². The number of amides is 1. The third kappa shape index (κ3) is 4.18. The predicted molar refractivity (Wildman–Crippen MR) is 109 cm³/mol. The number of ketones is 1. The summed E-state index contributed by atoms with van der Waals surface area (Å²) in [5.74, 6) is 1.61. The van der Waals surface area contributed by atoms with E-state index in [1.807, 2.05) is 35.7 Å². The van der Waals surface area contributed by atoms with Gasteiger partial charge in [-0.25, -0.2) is 4.79 Å². The molecule has 2 aliphatic heterocycles. The van der Waals surface area contributed by atoms with Gasteiger partial charge in [0.15, 0.2) is 19.0 Å². The zero-order valence-electron chi connectivity index (χ0n) is 14.8. The van der Waals surface area contributed by atoms with Gasteiger partial charge in [-0.2, -0.15) is 0 Å². The second-order valence-corrected chi connectivity index (χ2v) is 8.97. The Morgan fingerprint density at radius 2 is 1.79 bits per heavy atom. The SMILES string of the molecule is O=C1COc2ccc(C(=O)COC(=O)c3ccc(C4SCCS4)cc3)cc2N1. The number of rotatable bonds is 5. The standard InChI is InChI=1S/C20H17NO5S2/c22-16(14-5-6-17-15(9-14)21-18(23)11-25-17)10-26-19(24)12-1-3-13(4-2-12)20-27-7-8-28-20/h1-6,9,20H,7-8,10-11H2,(H,21,23). The Balaban J connectivity index is 1.36. The molecule has 2 aromatic carbocycles. The van der Waals surface area contributed by atoms with Crippen molar-refractivity contribution >= 4 is 46.9 Å². The molecule has 8 heteroatoms. The van der Waals surface area contributed by atoms with Gasteiger partial charge in [-0.1, -0.05) is 12.1 Å². The molecule has 0 spiro atoms. The van der Waals surface area contributed by atoms with Crippen LogP contribution in [0.3, 0.4) is 0 Å². The molecule has 1 amide bonds. The molecule has 2 heterocycles. The van der Waals surface area contributed by atoms with E-state index in [1.54, 1.807) is 24.3 Å². The number of benzene rings is 2. The number of anilines is 1. The third-order valence-corrected chi connectivity index (χ3v) is 7.41. The van der Waals surface area contributed by atoms with Crippen LogP contribution in [0.4, 0.5) is 5.69 Å². The number of thioether (sulfide) groups is 2. The van der Waals surface area contributed by atoms with E-state index in [0.29, 0.717) is 27.1 Å². The highest BCUT2D eigenvalue weighted by molar-refractivity contribution is 8.19. The molecule has 2 aliphatic rings. The summed E-state index contributed by atoms with van der Waals surface area (Å²) >= 11 is 3.80. The van der Waals surface area contributed by atoms with Crippen molar-refractivity contribution in [2.45, 2.75) is 4.58 Å². The number of carbonyl (C=O) groups is 3. The van der Waals surface area contributed by atoms with Crippen LogP contribution in [-0.2, 0) is 9.53 Å². The lowest BCUT2D eigenvalue weighted by Crippen LogP contribution is -2.25. The van der Waals surface area contributed by atoms with Crippen LogP contribution in [-0.4, -0.2) is 42.4 Å². The molecule has 0 saturated carbocycles. The normalized spacial score (nSPS) is 16.1. The van der Waals surface area contributed by atoms with Gasteiger partial charge in [-0.15, -0.1) is 23.5 Å². The van der Waals surface area contributed by atoms with Crippen molar-refractivity contribution in [1.29, 1.82) is 0 Å². The minimum atomic E-state index is -0.541. The Morgan fingerprint density at radius 3 is 2.54 bits per heavy atom. The van der Waals surface area contributed by atoms with E-state index >= 15 is 0 Å². The highest BCUT2D eigenvalue weighted by Crippen LogP contribution is 2.45. The number of fused-ring (bicyclic) bond motifs is 1. The third-order valence-electron chi connectivity index (χ3n) is 4.31. The van der Waals surface area contributed by atoms with Gasteiger partial charge in [0, 0.05) is 17.1 Å². The number of ether oxygens (including phenoxy) is 2. The zero-order chi connectivity index (χ0) is 19.5. The smallest absolute Gasteiger partial charge is 0.338 e.